The number of amides is 1. The van der Waals surface area contributed by atoms with Crippen LogP contribution in [0.1, 0.15) is 37.1 Å². The fraction of sp³-hybridized carbons (Fsp3) is 0.545. The molecule has 3 rings (SSSR count). The van der Waals surface area contributed by atoms with Crippen LogP contribution in [0.4, 0.5) is 5.69 Å². The van der Waals surface area contributed by atoms with Gasteiger partial charge >= 0.3 is 0 Å². The third-order valence-electron chi connectivity index (χ3n) is 5.73. The molecule has 1 aliphatic heterocycles. The number of anilines is 1. The van der Waals surface area contributed by atoms with Crippen molar-refractivity contribution in [1.29, 1.82) is 0 Å². The Hall–Kier alpha value is -2.79. The second-order valence-corrected chi connectivity index (χ2v) is 9.77. The van der Waals surface area contributed by atoms with Gasteiger partial charge in [0.25, 0.3) is 0 Å². The normalized spacial score (nSPS) is 14.7. The van der Waals surface area contributed by atoms with Gasteiger partial charge in [-0.2, -0.15) is 9.40 Å². The van der Waals surface area contributed by atoms with E-state index in [0.717, 1.165) is 19.3 Å². The molecule has 10 nitrogen and oxygen atoms in total. The first-order valence-electron chi connectivity index (χ1n) is 10.9. The zero-order valence-electron chi connectivity index (χ0n) is 19.8. The van der Waals surface area contributed by atoms with E-state index in [1.54, 1.807) is 30.7 Å². The van der Waals surface area contributed by atoms with Crippen LogP contribution in [-0.2, 0) is 21.4 Å². The second kappa shape index (κ2) is 10.4. The van der Waals surface area contributed by atoms with Crippen molar-refractivity contribution in [3.05, 3.63) is 23.5 Å². The lowest BCUT2D eigenvalue weighted by atomic mass is 10.2. The van der Waals surface area contributed by atoms with Crippen LogP contribution in [0.5, 0.6) is 17.2 Å². The summed E-state index contributed by atoms with van der Waals surface area (Å²) in [4.78, 5) is 12.8. The molecule has 11 heteroatoms. The summed E-state index contributed by atoms with van der Waals surface area (Å²) in [6, 6.07) is 3.29. The van der Waals surface area contributed by atoms with E-state index in [4.69, 9.17) is 14.2 Å². The Kier molecular flexibility index (Phi) is 7.85. The van der Waals surface area contributed by atoms with E-state index in [9.17, 15) is 13.2 Å². The monoisotopic (exact) mass is 480 g/mol. The van der Waals surface area contributed by atoms with E-state index in [-0.39, 0.29) is 23.8 Å². The largest absolute Gasteiger partial charge is 0.493 e. The molecule has 1 fully saturated rings. The number of carbonyl (C=O) groups is 1. The molecule has 0 spiro atoms. The van der Waals surface area contributed by atoms with Crippen LogP contribution < -0.4 is 19.5 Å². The van der Waals surface area contributed by atoms with Crippen molar-refractivity contribution in [2.45, 2.75) is 51.0 Å². The zero-order chi connectivity index (χ0) is 24.2. The molecular formula is C22H32N4O6S. The van der Waals surface area contributed by atoms with E-state index in [0.29, 0.717) is 47.4 Å². The molecule has 33 heavy (non-hydrogen) atoms. The third-order valence-corrected chi connectivity index (χ3v) is 7.88. The number of carbonyl (C=O) groups excluding carboxylic acids is 1. The minimum absolute atomic E-state index is 0.113. The van der Waals surface area contributed by atoms with Gasteiger partial charge in [-0.05, 0) is 26.7 Å². The number of hydrogen-bond donors (Lipinski definition) is 1. The van der Waals surface area contributed by atoms with E-state index in [2.05, 4.69) is 10.4 Å². The van der Waals surface area contributed by atoms with Gasteiger partial charge < -0.3 is 19.5 Å². The first-order chi connectivity index (χ1) is 15.7. The summed E-state index contributed by atoms with van der Waals surface area (Å²) in [7, 11) is 0.907. The highest BCUT2D eigenvalue weighted by Gasteiger charge is 2.31. The molecule has 0 radical (unpaired) electrons. The van der Waals surface area contributed by atoms with Crippen LogP contribution in [-0.4, -0.2) is 62.8 Å². The van der Waals surface area contributed by atoms with E-state index in [1.807, 2.05) is 0 Å². The van der Waals surface area contributed by atoms with Gasteiger partial charge in [-0.15, -0.1) is 0 Å². The standard InChI is InChI=1S/C22H32N4O6S/c1-15-22(33(28,29)25-10-7-6-8-11-25)16(2)26(24-15)12-9-20(27)23-17-13-18(30-3)21(32-5)19(14-17)31-4/h13-14H,6-12H2,1-5H3,(H,23,27). The van der Waals surface area contributed by atoms with Gasteiger partial charge in [-0.1, -0.05) is 6.42 Å². The predicted molar refractivity (Wildman–Crippen MR) is 124 cm³/mol. The number of piperidine rings is 1. The minimum atomic E-state index is -3.60. The molecule has 0 saturated carbocycles. The fourth-order valence-electron chi connectivity index (χ4n) is 4.09. The lowest BCUT2D eigenvalue weighted by molar-refractivity contribution is -0.116. The van der Waals surface area contributed by atoms with E-state index >= 15 is 0 Å². The van der Waals surface area contributed by atoms with Crippen molar-refractivity contribution in [1.82, 2.24) is 14.1 Å². The van der Waals surface area contributed by atoms with Gasteiger partial charge in [0.15, 0.2) is 11.5 Å². The average molecular weight is 481 g/mol. The van der Waals surface area contributed by atoms with Crippen molar-refractivity contribution < 1.29 is 27.4 Å². The lowest BCUT2D eigenvalue weighted by Gasteiger charge is -2.26. The maximum atomic E-state index is 13.2. The molecule has 1 amide bonds. The number of nitrogens with one attached hydrogen (secondary N) is 1. The van der Waals surface area contributed by atoms with Crippen LogP contribution in [0.2, 0.25) is 0 Å². The number of hydrogen-bond acceptors (Lipinski definition) is 7. The number of aromatic nitrogens is 2. The Labute approximate surface area is 194 Å². The van der Waals surface area contributed by atoms with E-state index < -0.39 is 10.0 Å². The molecule has 2 heterocycles. The predicted octanol–water partition coefficient (Wildman–Crippen LogP) is 2.73. The fourth-order valence-corrected chi connectivity index (χ4v) is 5.98. The highest BCUT2D eigenvalue weighted by molar-refractivity contribution is 7.89. The number of ether oxygens (including phenoxy) is 3. The van der Waals surface area contributed by atoms with Crippen LogP contribution in [0.3, 0.4) is 0 Å². The van der Waals surface area contributed by atoms with Crippen LogP contribution in [0.15, 0.2) is 17.0 Å². The summed E-state index contributed by atoms with van der Waals surface area (Å²) in [6.07, 6.45) is 2.89. The summed E-state index contributed by atoms with van der Waals surface area (Å²) >= 11 is 0. The summed E-state index contributed by atoms with van der Waals surface area (Å²) in [5.41, 5.74) is 1.48. The highest BCUT2D eigenvalue weighted by atomic mass is 32.2. The van der Waals surface area contributed by atoms with Crippen molar-refractivity contribution in [3.8, 4) is 17.2 Å². The zero-order valence-corrected chi connectivity index (χ0v) is 20.6. The van der Waals surface area contributed by atoms with Crippen LogP contribution in [0.25, 0.3) is 0 Å². The van der Waals surface area contributed by atoms with Gasteiger partial charge in [0.1, 0.15) is 4.90 Å². The van der Waals surface area contributed by atoms with Crippen molar-refractivity contribution in [3.63, 3.8) is 0 Å². The summed E-state index contributed by atoms with van der Waals surface area (Å²) < 4.78 is 45.3. The van der Waals surface area contributed by atoms with Crippen LogP contribution >= 0.6 is 0 Å². The third kappa shape index (κ3) is 5.25. The van der Waals surface area contributed by atoms with Gasteiger partial charge in [0, 0.05) is 37.3 Å². The molecule has 1 aromatic carbocycles. The average Bonchev–Trinajstić information content (AvgIpc) is 3.10. The lowest BCUT2D eigenvalue weighted by Crippen LogP contribution is -2.36. The molecule has 0 unspecified atom stereocenters. The summed E-state index contributed by atoms with van der Waals surface area (Å²) in [5.74, 6) is 1.04. The Balaban J connectivity index is 1.72. The Morgan fingerprint density at radius 1 is 1.03 bits per heavy atom. The quantitative estimate of drug-likeness (QED) is 0.587. The molecule has 1 aliphatic rings. The summed E-state index contributed by atoms with van der Waals surface area (Å²) in [6.45, 7) is 4.73. The molecule has 0 atom stereocenters. The Morgan fingerprint density at radius 3 is 2.18 bits per heavy atom. The Bertz CT molecular complexity index is 1080. The topological polar surface area (TPSA) is 112 Å². The Morgan fingerprint density at radius 2 is 1.64 bits per heavy atom. The van der Waals surface area contributed by atoms with Crippen molar-refractivity contribution in [2.75, 3.05) is 39.7 Å². The number of aryl methyl sites for hydroxylation is 2. The first kappa shape index (κ1) is 24.8. The SMILES string of the molecule is COc1cc(NC(=O)CCn2nc(C)c(S(=O)(=O)N3CCCCC3)c2C)cc(OC)c1OC. The van der Waals surface area contributed by atoms with Crippen LogP contribution in [0, 0.1) is 13.8 Å². The van der Waals surface area contributed by atoms with Crippen molar-refractivity contribution in [2.24, 2.45) is 0 Å². The second-order valence-electron chi connectivity index (χ2n) is 7.90. The molecule has 2 aromatic rings. The highest BCUT2D eigenvalue weighted by Crippen LogP contribution is 2.40. The maximum absolute atomic E-state index is 13.2. The number of rotatable bonds is 9. The van der Waals surface area contributed by atoms with Crippen molar-refractivity contribution >= 4 is 21.6 Å². The smallest absolute Gasteiger partial charge is 0.246 e. The molecule has 182 valence electrons. The molecule has 1 N–H and O–H groups in total. The molecule has 0 aliphatic carbocycles. The number of methoxy groups -OCH3 is 3. The molecule has 1 aromatic heterocycles. The van der Waals surface area contributed by atoms with Gasteiger partial charge in [0.05, 0.1) is 39.3 Å². The van der Waals surface area contributed by atoms with Gasteiger partial charge in [-0.3, -0.25) is 9.48 Å². The molecular weight excluding hydrogens is 448 g/mol. The number of benzene rings is 1. The number of nitrogens with zero attached hydrogens (tertiary/aromatic N) is 3. The van der Waals surface area contributed by atoms with Gasteiger partial charge in [0.2, 0.25) is 21.7 Å². The molecule has 0 bridgehead atoms. The first-order valence-corrected chi connectivity index (χ1v) is 12.3. The summed E-state index contributed by atoms with van der Waals surface area (Å²) in [5, 5.41) is 7.22. The maximum Gasteiger partial charge on any atom is 0.246 e. The van der Waals surface area contributed by atoms with E-state index in [1.165, 1.54) is 25.6 Å². The van der Waals surface area contributed by atoms with Gasteiger partial charge in [-0.25, -0.2) is 8.42 Å². The number of sulfonamides is 1. The minimum Gasteiger partial charge on any atom is -0.493 e. The molecule has 1 saturated heterocycles.